The normalized spacial score (nSPS) is 23.2. The molecule has 20 heavy (non-hydrogen) atoms. The summed E-state index contributed by atoms with van der Waals surface area (Å²) in [7, 11) is 6.17. The third kappa shape index (κ3) is 3.15. The van der Waals surface area contributed by atoms with E-state index in [9.17, 15) is 0 Å². The summed E-state index contributed by atoms with van der Waals surface area (Å²) in [4.78, 5) is 4.71. The summed E-state index contributed by atoms with van der Waals surface area (Å²) in [5.74, 6) is 5.80. The summed E-state index contributed by atoms with van der Waals surface area (Å²) in [6.45, 7) is 5.14. The Morgan fingerprint density at radius 1 is 1.40 bits per heavy atom. The van der Waals surface area contributed by atoms with Crippen molar-refractivity contribution in [2.45, 2.75) is 25.4 Å². The quantitative estimate of drug-likeness (QED) is 0.605. The van der Waals surface area contributed by atoms with E-state index in [2.05, 4.69) is 34.4 Å². The lowest BCUT2D eigenvalue weighted by atomic mass is 9.97. The first kappa shape index (κ1) is 15.7. The Bertz CT molecular complexity index is 460. The minimum atomic E-state index is 0.156. The predicted octanol–water partition coefficient (Wildman–Crippen LogP) is 0.00212. The van der Waals surface area contributed by atoms with Crippen LogP contribution in [0.1, 0.15) is 11.3 Å². The summed E-state index contributed by atoms with van der Waals surface area (Å²) < 4.78 is 1.72. The fourth-order valence-electron chi connectivity index (χ4n) is 2.91. The van der Waals surface area contributed by atoms with Gasteiger partial charge in [-0.1, -0.05) is 11.6 Å². The topological polar surface area (TPSA) is 62.4 Å². The Balaban J connectivity index is 2.15. The van der Waals surface area contributed by atoms with Gasteiger partial charge in [-0.25, -0.2) is 0 Å². The Labute approximate surface area is 125 Å². The lowest BCUT2D eigenvalue weighted by Gasteiger charge is -2.41. The number of aromatic nitrogens is 2. The Morgan fingerprint density at radius 3 is 2.65 bits per heavy atom. The molecule has 0 aliphatic carbocycles. The second kappa shape index (κ2) is 6.41. The maximum absolute atomic E-state index is 6.33. The second-order valence-corrected chi connectivity index (χ2v) is 6.12. The second-order valence-electron chi connectivity index (χ2n) is 5.77. The third-order valence-corrected chi connectivity index (χ3v) is 4.74. The van der Waals surface area contributed by atoms with Crippen molar-refractivity contribution in [2.24, 2.45) is 12.9 Å². The zero-order valence-electron chi connectivity index (χ0n) is 12.7. The molecule has 0 amide bonds. The number of hydrogen-bond acceptors (Lipinski definition) is 5. The monoisotopic (exact) mass is 300 g/mol. The molecule has 114 valence electrons. The minimum absolute atomic E-state index is 0.156. The molecule has 6 nitrogen and oxygen atoms in total. The summed E-state index contributed by atoms with van der Waals surface area (Å²) in [5.41, 5.74) is 5.03. The SMILES string of the molecule is Cc1nn(C)c(Cl)c1CC(NN)C1CN(C)CCN1C. The van der Waals surface area contributed by atoms with Crippen molar-refractivity contribution in [1.82, 2.24) is 25.0 Å². The van der Waals surface area contributed by atoms with Crippen molar-refractivity contribution < 1.29 is 0 Å². The number of likely N-dealkylation sites (N-methyl/N-ethyl adjacent to an activating group) is 2. The van der Waals surface area contributed by atoms with Crippen molar-refractivity contribution in [3.63, 3.8) is 0 Å². The van der Waals surface area contributed by atoms with Gasteiger partial charge in [0, 0.05) is 44.3 Å². The van der Waals surface area contributed by atoms with Gasteiger partial charge in [0.05, 0.1) is 5.69 Å². The van der Waals surface area contributed by atoms with Gasteiger partial charge in [0.15, 0.2) is 0 Å². The van der Waals surface area contributed by atoms with Gasteiger partial charge in [-0.3, -0.25) is 20.9 Å². The highest BCUT2D eigenvalue weighted by atomic mass is 35.5. The van der Waals surface area contributed by atoms with Crippen LogP contribution in [0.4, 0.5) is 0 Å². The maximum atomic E-state index is 6.33. The molecule has 1 fully saturated rings. The van der Waals surface area contributed by atoms with Gasteiger partial charge in [0.25, 0.3) is 0 Å². The number of hydrazine groups is 1. The van der Waals surface area contributed by atoms with Gasteiger partial charge >= 0.3 is 0 Å². The van der Waals surface area contributed by atoms with E-state index in [4.69, 9.17) is 17.4 Å². The van der Waals surface area contributed by atoms with Crippen LogP contribution < -0.4 is 11.3 Å². The van der Waals surface area contributed by atoms with Crippen LogP contribution in [0.15, 0.2) is 0 Å². The number of hydrogen-bond donors (Lipinski definition) is 2. The lowest BCUT2D eigenvalue weighted by molar-refractivity contribution is 0.0876. The number of piperazine rings is 1. The van der Waals surface area contributed by atoms with Crippen LogP contribution in [0, 0.1) is 6.92 Å². The van der Waals surface area contributed by atoms with E-state index in [1.54, 1.807) is 4.68 Å². The molecule has 2 unspecified atom stereocenters. The van der Waals surface area contributed by atoms with Crippen molar-refractivity contribution in [3.8, 4) is 0 Å². The van der Waals surface area contributed by atoms with Crippen molar-refractivity contribution in [1.29, 1.82) is 0 Å². The van der Waals surface area contributed by atoms with E-state index in [1.807, 2.05) is 14.0 Å². The van der Waals surface area contributed by atoms with Crippen LogP contribution in [-0.4, -0.2) is 65.4 Å². The molecule has 1 aromatic heterocycles. The fraction of sp³-hybridized carbons (Fsp3) is 0.769. The Morgan fingerprint density at radius 2 is 2.10 bits per heavy atom. The molecule has 0 bridgehead atoms. The van der Waals surface area contributed by atoms with Gasteiger partial charge in [0.1, 0.15) is 5.15 Å². The average molecular weight is 301 g/mol. The highest BCUT2D eigenvalue weighted by Crippen LogP contribution is 2.22. The van der Waals surface area contributed by atoms with Crippen molar-refractivity contribution in [3.05, 3.63) is 16.4 Å². The molecule has 1 aliphatic heterocycles. The number of rotatable bonds is 4. The Hall–Kier alpha value is -0.660. The molecule has 0 radical (unpaired) electrons. The molecule has 7 heteroatoms. The molecule has 1 aromatic rings. The molecule has 1 aliphatic rings. The predicted molar refractivity (Wildman–Crippen MR) is 81.7 cm³/mol. The summed E-state index contributed by atoms with van der Waals surface area (Å²) in [6.07, 6.45) is 0.790. The Kier molecular flexibility index (Phi) is 5.04. The van der Waals surface area contributed by atoms with Crippen LogP contribution in [0.25, 0.3) is 0 Å². The third-order valence-electron chi connectivity index (χ3n) is 4.27. The molecular formula is C13H25ClN6. The molecule has 3 N–H and O–H groups in total. The molecular weight excluding hydrogens is 276 g/mol. The number of aryl methyl sites for hydroxylation is 2. The van der Waals surface area contributed by atoms with Crippen LogP contribution >= 0.6 is 11.6 Å². The van der Waals surface area contributed by atoms with Gasteiger partial charge in [-0.15, -0.1) is 0 Å². The van der Waals surface area contributed by atoms with Crippen LogP contribution in [0.2, 0.25) is 5.15 Å². The van der Waals surface area contributed by atoms with E-state index in [-0.39, 0.29) is 6.04 Å². The van der Waals surface area contributed by atoms with Crippen molar-refractivity contribution >= 4 is 11.6 Å². The molecule has 2 rings (SSSR count). The van der Waals surface area contributed by atoms with Gasteiger partial charge in [-0.05, 0) is 27.4 Å². The molecule has 0 aromatic carbocycles. The number of nitrogens with zero attached hydrogens (tertiary/aromatic N) is 4. The average Bonchev–Trinajstić information content (AvgIpc) is 2.65. The van der Waals surface area contributed by atoms with Crippen LogP contribution in [0.5, 0.6) is 0 Å². The molecule has 1 saturated heterocycles. The first-order chi connectivity index (χ1) is 9.43. The molecule has 2 atom stereocenters. The fourth-order valence-corrected chi connectivity index (χ4v) is 3.16. The highest BCUT2D eigenvalue weighted by molar-refractivity contribution is 6.30. The van der Waals surface area contributed by atoms with E-state index in [0.717, 1.165) is 37.3 Å². The molecule has 2 heterocycles. The standard InChI is InChI=1S/C13H25ClN6/c1-9-10(13(14)20(4)17-9)7-11(16-15)12-8-18(2)5-6-19(12)3/h11-12,16H,5-8,15H2,1-4H3. The van der Waals surface area contributed by atoms with Gasteiger partial charge in [0.2, 0.25) is 0 Å². The highest BCUT2D eigenvalue weighted by Gasteiger charge is 2.30. The van der Waals surface area contributed by atoms with Crippen molar-refractivity contribution in [2.75, 3.05) is 33.7 Å². The van der Waals surface area contributed by atoms with E-state index in [0.29, 0.717) is 11.2 Å². The van der Waals surface area contributed by atoms with Crippen LogP contribution in [0.3, 0.4) is 0 Å². The van der Waals surface area contributed by atoms with E-state index >= 15 is 0 Å². The first-order valence-corrected chi connectivity index (χ1v) is 7.34. The molecule has 0 saturated carbocycles. The van der Waals surface area contributed by atoms with E-state index < -0.39 is 0 Å². The summed E-state index contributed by atoms with van der Waals surface area (Å²) in [6, 6.07) is 0.526. The number of nitrogens with two attached hydrogens (primary N) is 1. The molecule has 0 spiro atoms. The van der Waals surface area contributed by atoms with Crippen LogP contribution in [-0.2, 0) is 13.5 Å². The zero-order valence-corrected chi connectivity index (χ0v) is 13.5. The number of halogens is 1. The summed E-state index contributed by atoms with van der Waals surface area (Å²) in [5, 5.41) is 5.07. The summed E-state index contributed by atoms with van der Waals surface area (Å²) >= 11 is 6.33. The lowest BCUT2D eigenvalue weighted by Crippen LogP contribution is -2.60. The first-order valence-electron chi connectivity index (χ1n) is 6.97. The number of nitrogens with one attached hydrogen (secondary N) is 1. The largest absolute Gasteiger partial charge is 0.303 e. The zero-order chi connectivity index (χ0) is 14.9. The van der Waals surface area contributed by atoms with Gasteiger partial charge in [-0.2, -0.15) is 5.10 Å². The minimum Gasteiger partial charge on any atom is -0.303 e. The maximum Gasteiger partial charge on any atom is 0.130 e. The van der Waals surface area contributed by atoms with Gasteiger partial charge < -0.3 is 4.90 Å². The smallest absolute Gasteiger partial charge is 0.130 e. The van der Waals surface area contributed by atoms with E-state index in [1.165, 1.54) is 0 Å².